The van der Waals surface area contributed by atoms with Crippen molar-refractivity contribution in [3.05, 3.63) is 24.3 Å². The number of hydrogen-bond donors (Lipinski definition) is 2. The molecular weight excluding hydrogens is 332 g/mol. The monoisotopic (exact) mass is 358 g/mol. The Balaban J connectivity index is 0.00000288. The van der Waals surface area contributed by atoms with E-state index in [1.165, 1.54) is 0 Å². The van der Waals surface area contributed by atoms with Gasteiger partial charge in [-0.1, -0.05) is 12.1 Å². The van der Waals surface area contributed by atoms with Crippen LogP contribution in [0, 0.1) is 5.92 Å². The number of carbonyl (C=O) groups excluding carboxylic acids is 1. The van der Waals surface area contributed by atoms with Gasteiger partial charge >= 0.3 is 0 Å². The number of benzene rings is 1. The van der Waals surface area contributed by atoms with Crippen molar-refractivity contribution in [1.29, 1.82) is 0 Å². The molecule has 1 fully saturated rings. The Bertz CT molecular complexity index is 509. The van der Waals surface area contributed by atoms with E-state index in [0.717, 1.165) is 12.8 Å². The molecule has 2 atom stereocenters. The highest BCUT2D eigenvalue weighted by atomic mass is 35.5. The third-order valence-electron chi connectivity index (χ3n) is 4.04. The van der Waals surface area contributed by atoms with E-state index in [1.807, 2.05) is 31.2 Å². The lowest BCUT2D eigenvalue weighted by atomic mass is 9.92. The van der Waals surface area contributed by atoms with Gasteiger partial charge in [0.1, 0.15) is 6.10 Å². The number of hydrogen-bond acceptors (Lipinski definition) is 5. The highest BCUT2D eigenvalue weighted by molar-refractivity contribution is 5.85. The molecule has 1 amide bonds. The fraction of sp³-hybridized carbons (Fsp3) is 0.588. The summed E-state index contributed by atoms with van der Waals surface area (Å²) in [5.74, 6) is 1.39. The number of ether oxygens (including phenoxy) is 3. The predicted octanol–water partition coefficient (Wildman–Crippen LogP) is 1.75. The van der Waals surface area contributed by atoms with E-state index in [1.54, 1.807) is 7.11 Å². The van der Waals surface area contributed by atoms with Crippen molar-refractivity contribution in [2.45, 2.75) is 31.9 Å². The van der Waals surface area contributed by atoms with Crippen LogP contribution in [0.1, 0.15) is 19.8 Å². The van der Waals surface area contributed by atoms with Crippen LogP contribution < -0.4 is 20.5 Å². The highest BCUT2D eigenvalue weighted by Gasteiger charge is 2.26. The van der Waals surface area contributed by atoms with Gasteiger partial charge in [0.05, 0.1) is 19.7 Å². The zero-order valence-electron chi connectivity index (χ0n) is 14.2. The minimum absolute atomic E-state index is 0. The predicted molar refractivity (Wildman–Crippen MR) is 94.9 cm³/mol. The van der Waals surface area contributed by atoms with Crippen molar-refractivity contribution < 1.29 is 19.0 Å². The Morgan fingerprint density at radius 1 is 1.33 bits per heavy atom. The van der Waals surface area contributed by atoms with Crippen LogP contribution in [-0.2, 0) is 9.53 Å². The van der Waals surface area contributed by atoms with Crippen LogP contribution >= 0.6 is 12.4 Å². The van der Waals surface area contributed by atoms with Crippen LogP contribution in [0.25, 0.3) is 0 Å². The van der Waals surface area contributed by atoms with E-state index >= 15 is 0 Å². The first-order valence-corrected chi connectivity index (χ1v) is 8.02. The molecular formula is C17H27ClN2O4. The lowest BCUT2D eigenvalue weighted by Crippen LogP contribution is -2.48. The van der Waals surface area contributed by atoms with E-state index < -0.39 is 6.04 Å². The van der Waals surface area contributed by atoms with Crippen molar-refractivity contribution in [2.24, 2.45) is 11.7 Å². The molecule has 1 heterocycles. The van der Waals surface area contributed by atoms with Crippen LogP contribution in [0.5, 0.6) is 11.5 Å². The maximum atomic E-state index is 12.2. The first kappa shape index (κ1) is 20.5. The molecule has 0 spiro atoms. The number of halogens is 1. The molecule has 2 rings (SSSR count). The summed E-state index contributed by atoms with van der Waals surface area (Å²) in [6.45, 7) is 3.65. The molecule has 1 aliphatic rings. The van der Waals surface area contributed by atoms with Crippen LogP contribution in [0.3, 0.4) is 0 Å². The highest BCUT2D eigenvalue weighted by Crippen LogP contribution is 2.26. The molecule has 1 aliphatic heterocycles. The zero-order valence-corrected chi connectivity index (χ0v) is 15.0. The molecule has 1 saturated heterocycles. The van der Waals surface area contributed by atoms with Gasteiger partial charge in [0.2, 0.25) is 5.91 Å². The molecule has 2 unspecified atom stereocenters. The summed E-state index contributed by atoms with van der Waals surface area (Å²) in [5.41, 5.74) is 6.05. The first-order chi connectivity index (χ1) is 11.1. The Kier molecular flexibility index (Phi) is 8.89. The van der Waals surface area contributed by atoms with Gasteiger partial charge < -0.3 is 25.3 Å². The van der Waals surface area contributed by atoms with Gasteiger partial charge in [-0.3, -0.25) is 4.79 Å². The molecule has 0 aromatic heterocycles. The molecule has 136 valence electrons. The van der Waals surface area contributed by atoms with Gasteiger partial charge in [-0.2, -0.15) is 0 Å². The molecule has 7 heteroatoms. The summed E-state index contributed by atoms with van der Waals surface area (Å²) in [4.78, 5) is 12.2. The van der Waals surface area contributed by atoms with Crippen LogP contribution in [-0.4, -0.2) is 44.9 Å². The second kappa shape index (κ2) is 10.4. The molecule has 0 aliphatic carbocycles. The Morgan fingerprint density at radius 2 is 1.96 bits per heavy atom. The normalized spacial score (nSPS) is 17.3. The number of nitrogens with one attached hydrogen (secondary N) is 1. The maximum absolute atomic E-state index is 12.2. The van der Waals surface area contributed by atoms with Crippen molar-refractivity contribution in [2.75, 3.05) is 26.9 Å². The Hall–Kier alpha value is -1.50. The number of methoxy groups -OCH3 is 1. The molecule has 0 radical (unpaired) electrons. The minimum atomic E-state index is -0.489. The number of para-hydroxylation sites is 2. The van der Waals surface area contributed by atoms with E-state index in [9.17, 15) is 4.79 Å². The minimum Gasteiger partial charge on any atom is -0.493 e. The molecule has 1 aromatic carbocycles. The summed E-state index contributed by atoms with van der Waals surface area (Å²) in [6.07, 6.45) is 1.49. The van der Waals surface area contributed by atoms with Gasteiger partial charge in [-0.25, -0.2) is 0 Å². The largest absolute Gasteiger partial charge is 0.493 e. The summed E-state index contributed by atoms with van der Waals surface area (Å²) in [7, 11) is 1.60. The second-order valence-electron chi connectivity index (χ2n) is 5.80. The summed E-state index contributed by atoms with van der Waals surface area (Å²) < 4.78 is 16.4. The quantitative estimate of drug-likeness (QED) is 0.776. The van der Waals surface area contributed by atoms with Crippen LogP contribution in [0.4, 0.5) is 0 Å². The topological polar surface area (TPSA) is 82.8 Å². The number of amides is 1. The average Bonchev–Trinajstić information content (AvgIpc) is 2.60. The Labute approximate surface area is 149 Å². The van der Waals surface area contributed by atoms with E-state index in [-0.39, 0.29) is 30.3 Å². The van der Waals surface area contributed by atoms with Crippen molar-refractivity contribution >= 4 is 18.3 Å². The first-order valence-electron chi connectivity index (χ1n) is 8.02. The molecule has 24 heavy (non-hydrogen) atoms. The molecule has 6 nitrogen and oxygen atoms in total. The smallest absolute Gasteiger partial charge is 0.237 e. The lowest BCUT2D eigenvalue weighted by Gasteiger charge is -2.27. The fourth-order valence-corrected chi connectivity index (χ4v) is 2.63. The molecule has 1 aromatic rings. The maximum Gasteiger partial charge on any atom is 0.237 e. The van der Waals surface area contributed by atoms with Gasteiger partial charge in [0, 0.05) is 13.2 Å². The molecule has 0 bridgehead atoms. The SMILES string of the molecule is COc1ccccc1OC(C)CNC(=O)C(N)C1CCOCC1.Cl. The zero-order chi connectivity index (χ0) is 16.7. The summed E-state index contributed by atoms with van der Waals surface area (Å²) in [5, 5.41) is 2.87. The van der Waals surface area contributed by atoms with Crippen molar-refractivity contribution in [3.63, 3.8) is 0 Å². The van der Waals surface area contributed by atoms with Gasteiger partial charge in [0.25, 0.3) is 0 Å². The van der Waals surface area contributed by atoms with Crippen molar-refractivity contribution in [3.8, 4) is 11.5 Å². The number of rotatable bonds is 7. The summed E-state index contributed by atoms with van der Waals surface area (Å²) in [6, 6.07) is 6.94. The van der Waals surface area contributed by atoms with Crippen LogP contribution in [0.2, 0.25) is 0 Å². The van der Waals surface area contributed by atoms with Gasteiger partial charge in [-0.15, -0.1) is 12.4 Å². The molecule has 3 N–H and O–H groups in total. The number of nitrogens with two attached hydrogens (primary N) is 1. The average molecular weight is 359 g/mol. The molecule has 0 saturated carbocycles. The second-order valence-corrected chi connectivity index (χ2v) is 5.80. The third kappa shape index (κ3) is 5.85. The Morgan fingerprint density at radius 3 is 2.58 bits per heavy atom. The van der Waals surface area contributed by atoms with E-state index in [2.05, 4.69) is 5.32 Å². The summed E-state index contributed by atoms with van der Waals surface area (Å²) >= 11 is 0. The fourth-order valence-electron chi connectivity index (χ4n) is 2.63. The number of carbonyl (C=O) groups is 1. The van der Waals surface area contributed by atoms with E-state index in [0.29, 0.717) is 31.3 Å². The lowest BCUT2D eigenvalue weighted by molar-refractivity contribution is -0.124. The van der Waals surface area contributed by atoms with Gasteiger partial charge in [0.15, 0.2) is 11.5 Å². The standard InChI is InChI=1S/C17H26N2O4.ClH/c1-12(23-15-6-4-3-5-14(15)21-2)11-19-17(20)16(18)13-7-9-22-10-8-13;/h3-6,12-13,16H,7-11,18H2,1-2H3,(H,19,20);1H. The van der Waals surface area contributed by atoms with Gasteiger partial charge in [-0.05, 0) is 37.8 Å². The van der Waals surface area contributed by atoms with E-state index in [4.69, 9.17) is 19.9 Å². The van der Waals surface area contributed by atoms with Crippen molar-refractivity contribution in [1.82, 2.24) is 5.32 Å². The van der Waals surface area contributed by atoms with Crippen LogP contribution in [0.15, 0.2) is 24.3 Å². The third-order valence-corrected chi connectivity index (χ3v) is 4.04.